The molecule has 2 aliphatic rings. The van der Waals surface area contributed by atoms with Crippen LogP contribution in [0.4, 0.5) is 10.5 Å². The van der Waals surface area contributed by atoms with Gasteiger partial charge in [-0.05, 0) is 55.0 Å². The van der Waals surface area contributed by atoms with Crippen LogP contribution >= 0.6 is 11.3 Å². The Morgan fingerprint density at radius 2 is 1.93 bits per heavy atom. The summed E-state index contributed by atoms with van der Waals surface area (Å²) < 4.78 is 0. The van der Waals surface area contributed by atoms with Crippen molar-refractivity contribution in [3.8, 4) is 6.07 Å². The Balaban J connectivity index is 1.34. The van der Waals surface area contributed by atoms with Crippen molar-refractivity contribution in [1.29, 1.82) is 5.26 Å². The van der Waals surface area contributed by atoms with E-state index < -0.39 is 0 Å². The molecule has 0 aliphatic carbocycles. The summed E-state index contributed by atoms with van der Waals surface area (Å²) in [7, 11) is 0. The van der Waals surface area contributed by atoms with Crippen molar-refractivity contribution in [2.24, 2.45) is 0 Å². The molecule has 6 heteroatoms. The van der Waals surface area contributed by atoms with Gasteiger partial charge < -0.3 is 15.5 Å². The number of hydrogen-bond acceptors (Lipinski definition) is 3. The van der Waals surface area contributed by atoms with Gasteiger partial charge in [0.1, 0.15) is 6.54 Å². The smallest absolute Gasteiger partial charge is 0.319 e. The molecule has 2 bridgehead atoms. The molecule has 2 amide bonds. The number of nitriles is 1. The number of fused-ring (bicyclic) bond motifs is 2. The van der Waals surface area contributed by atoms with Gasteiger partial charge in [0, 0.05) is 24.6 Å². The van der Waals surface area contributed by atoms with E-state index in [9.17, 15) is 4.79 Å². The number of urea groups is 1. The molecule has 2 aromatic rings. The maximum Gasteiger partial charge on any atom is 0.319 e. The van der Waals surface area contributed by atoms with Crippen molar-refractivity contribution in [2.75, 3.05) is 5.32 Å². The number of rotatable bonds is 4. The number of anilines is 1. The van der Waals surface area contributed by atoms with E-state index in [0.717, 1.165) is 19.4 Å². The lowest BCUT2D eigenvalue weighted by molar-refractivity contribution is -0.973. The normalized spacial score (nSPS) is 26.8. The van der Waals surface area contributed by atoms with Crippen molar-refractivity contribution < 1.29 is 9.69 Å². The number of amides is 2. The van der Waals surface area contributed by atoms with Gasteiger partial charge in [-0.25, -0.2) is 4.79 Å². The van der Waals surface area contributed by atoms with Gasteiger partial charge in [-0.2, -0.15) is 5.26 Å². The fourth-order valence-corrected chi connectivity index (χ4v) is 5.38. The molecule has 4 atom stereocenters. The van der Waals surface area contributed by atoms with E-state index in [1.807, 2.05) is 11.3 Å². The standard InChI is InChI=1S/C21H24N4OS/c22-13-15-6-8-16(9-7-15)23-21(26)24-17-11-18-3-1-4-19(12-17)25(18)14-20-5-2-10-27-20/h2,5-10,17-19H,1,3-4,11-12,14H2,(H2,23,24,26)/p+1/t17?,18-,19+. The molecule has 27 heavy (non-hydrogen) atoms. The zero-order valence-electron chi connectivity index (χ0n) is 15.3. The Bertz CT molecular complexity index is 798. The van der Waals surface area contributed by atoms with Crippen molar-refractivity contribution >= 4 is 23.1 Å². The van der Waals surface area contributed by atoms with E-state index in [2.05, 4.69) is 34.2 Å². The number of nitrogens with zero attached hydrogens (tertiary/aromatic N) is 1. The van der Waals surface area contributed by atoms with Gasteiger partial charge in [0.25, 0.3) is 0 Å². The third-order valence-corrected chi connectivity index (χ3v) is 6.73. The van der Waals surface area contributed by atoms with E-state index in [-0.39, 0.29) is 12.1 Å². The molecule has 2 aliphatic heterocycles. The molecular formula is C21H25N4OS+. The minimum absolute atomic E-state index is 0.149. The molecule has 5 nitrogen and oxygen atoms in total. The lowest BCUT2D eigenvalue weighted by Gasteiger charge is -2.45. The molecular weight excluding hydrogens is 356 g/mol. The van der Waals surface area contributed by atoms with Gasteiger partial charge >= 0.3 is 6.03 Å². The van der Waals surface area contributed by atoms with Crippen LogP contribution < -0.4 is 15.5 Å². The van der Waals surface area contributed by atoms with Crippen LogP contribution in [0.5, 0.6) is 0 Å². The van der Waals surface area contributed by atoms with Crippen LogP contribution in [-0.2, 0) is 6.54 Å². The SMILES string of the molecule is N#Cc1ccc(NC(=O)NC2C[C@H]3CCC[C@@H](C2)[NH+]3Cc2cccs2)cc1. The number of piperidine rings is 2. The predicted octanol–water partition coefficient (Wildman–Crippen LogP) is 2.91. The average Bonchev–Trinajstić information content (AvgIpc) is 3.16. The van der Waals surface area contributed by atoms with Crippen LogP contribution in [0.15, 0.2) is 41.8 Å². The molecule has 2 saturated heterocycles. The van der Waals surface area contributed by atoms with Gasteiger partial charge in [-0.3, -0.25) is 0 Å². The van der Waals surface area contributed by atoms with Crippen LogP contribution in [0.25, 0.3) is 0 Å². The molecule has 3 N–H and O–H groups in total. The number of quaternary nitrogens is 1. The lowest BCUT2D eigenvalue weighted by Crippen LogP contribution is -3.20. The summed E-state index contributed by atoms with van der Waals surface area (Å²) in [5.74, 6) is 0. The second-order valence-electron chi connectivity index (χ2n) is 7.61. The Morgan fingerprint density at radius 1 is 1.19 bits per heavy atom. The molecule has 2 unspecified atom stereocenters. The number of nitrogens with one attached hydrogen (secondary N) is 3. The molecule has 1 aromatic heterocycles. The summed E-state index contributed by atoms with van der Waals surface area (Å²) >= 11 is 1.85. The number of carbonyl (C=O) groups excluding carboxylic acids is 1. The first kappa shape index (κ1) is 18.0. The molecule has 1 aromatic carbocycles. The Labute approximate surface area is 164 Å². The molecule has 3 heterocycles. The van der Waals surface area contributed by atoms with Gasteiger partial charge in [0.05, 0.1) is 28.6 Å². The topological polar surface area (TPSA) is 69.4 Å². The second kappa shape index (κ2) is 8.12. The van der Waals surface area contributed by atoms with Gasteiger partial charge in [-0.1, -0.05) is 6.07 Å². The first-order chi connectivity index (χ1) is 13.2. The molecule has 140 valence electrons. The van der Waals surface area contributed by atoms with E-state index in [1.54, 1.807) is 29.2 Å². The van der Waals surface area contributed by atoms with Crippen LogP contribution in [0.1, 0.15) is 42.5 Å². The third kappa shape index (κ3) is 4.32. The first-order valence-corrected chi connectivity index (χ1v) is 10.5. The molecule has 0 saturated carbocycles. The minimum Gasteiger partial charge on any atom is -0.335 e. The largest absolute Gasteiger partial charge is 0.335 e. The Kier molecular flexibility index (Phi) is 5.42. The van der Waals surface area contributed by atoms with E-state index in [0.29, 0.717) is 23.3 Å². The number of carbonyl (C=O) groups is 1. The summed E-state index contributed by atoms with van der Waals surface area (Å²) in [5, 5.41) is 17.1. The van der Waals surface area contributed by atoms with Crippen molar-refractivity contribution in [1.82, 2.24) is 5.32 Å². The monoisotopic (exact) mass is 381 g/mol. The van der Waals surface area contributed by atoms with Crippen molar-refractivity contribution in [3.05, 3.63) is 52.2 Å². The summed E-state index contributed by atoms with van der Waals surface area (Å²) in [6.07, 6.45) is 5.93. The average molecular weight is 382 g/mol. The quantitative estimate of drug-likeness (QED) is 0.762. The highest BCUT2D eigenvalue weighted by atomic mass is 32.1. The molecule has 0 radical (unpaired) electrons. The minimum atomic E-state index is -0.149. The highest BCUT2D eigenvalue weighted by Crippen LogP contribution is 2.23. The number of thiophene rings is 1. The van der Waals surface area contributed by atoms with Gasteiger partial charge in [0.2, 0.25) is 0 Å². The maximum absolute atomic E-state index is 12.4. The zero-order valence-corrected chi connectivity index (χ0v) is 16.1. The van der Waals surface area contributed by atoms with E-state index in [1.165, 1.54) is 24.1 Å². The van der Waals surface area contributed by atoms with Crippen LogP contribution in [0, 0.1) is 11.3 Å². The molecule has 0 spiro atoms. The Hall–Kier alpha value is -2.36. The first-order valence-electron chi connectivity index (χ1n) is 9.67. The fourth-order valence-electron chi connectivity index (χ4n) is 4.64. The van der Waals surface area contributed by atoms with Crippen molar-refractivity contribution in [2.45, 2.75) is 56.8 Å². The summed E-state index contributed by atoms with van der Waals surface area (Å²) in [6, 6.07) is 14.8. The number of benzene rings is 1. The van der Waals surface area contributed by atoms with E-state index >= 15 is 0 Å². The van der Waals surface area contributed by atoms with E-state index in [4.69, 9.17) is 5.26 Å². The maximum atomic E-state index is 12.4. The lowest BCUT2D eigenvalue weighted by atomic mass is 9.81. The van der Waals surface area contributed by atoms with Crippen LogP contribution in [0.3, 0.4) is 0 Å². The van der Waals surface area contributed by atoms with Gasteiger partial charge in [-0.15, -0.1) is 11.3 Å². The summed E-state index contributed by atoms with van der Waals surface area (Å²) in [4.78, 5) is 15.6. The van der Waals surface area contributed by atoms with Crippen LogP contribution in [0.2, 0.25) is 0 Å². The highest BCUT2D eigenvalue weighted by molar-refractivity contribution is 7.09. The second-order valence-corrected chi connectivity index (χ2v) is 8.64. The number of hydrogen-bond donors (Lipinski definition) is 3. The summed E-state index contributed by atoms with van der Waals surface area (Å²) in [5.41, 5.74) is 1.31. The fraction of sp³-hybridized carbons (Fsp3) is 0.429. The highest BCUT2D eigenvalue weighted by Gasteiger charge is 2.42. The molecule has 2 fully saturated rings. The zero-order chi connectivity index (χ0) is 18.6. The van der Waals surface area contributed by atoms with Crippen molar-refractivity contribution in [3.63, 3.8) is 0 Å². The third-order valence-electron chi connectivity index (χ3n) is 5.86. The predicted molar refractivity (Wildman–Crippen MR) is 107 cm³/mol. The van der Waals surface area contributed by atoms with Crippen LogP contribution in [-0.4, -0.2) is 24.2 Å². The molecule has 4 rings (SSSR count). The Morgan fingerprint density at radius 3 is 2.56 bits per heavy atom. The summed E-state index contributed by atoms with van der Waals surface area (Å²) in [6.45, 7) is 1.12. The van der Waals surface area contributed by atoms with Gasteiger partial charge in [0.15, 0.2) is 0 Å².